The van der Waals surface area contributed by atoms with E-state index in [1.54, 1.807) is 0 Å². The van der Waals surface area contributed by atoms with E-state index in [2.05, 4.69) is 5.32 Å². The highest BCUT2D eigenvalue weighted by Gasteiger charge is 2.35. The average Bonchev–Trinajstić information content (AvgIpc) is 2.22. The Kier molecular flexibility index (Phi) is 2.55. The first kappa shape index (κ1) is 8.31. The molecule has 1 aliphatic heterocycles. The molecule has 3 heteroatoms. The van der Waals surface area contributed by atoms with Crippen LogP contribution in [0.3, 0.4) is 0 Å². The largest absolute Gasteiger partial charge is 0.393 e. The van der Waals surface area contributed by atoms with Crippen molar-refractivity contribution < 1.29 is 5.11 Å². The number of rotatable bonds is 0. The topological polar surface area (TPSA) is 32.3 Å². The first-order valence-electron chi connectivity index (χ1n) is 3.75. The molecule has 0 aromatic heterocycles. The minimum absolute atomic E-state index is 0. The van der Waals surface area contributed by atoms with Gasteiger partial charge in [-0.3, -0.25) is 0 Å². The molecule has 1 aliphatic carbocycles. The lowest BCUT2D eigenvalue weighted by molar-refractivity contribution is 0.173. The first-order valence-corrected chi connectivity index (χ1v) is 3.75. The molecule has 0 amide bonds. The molecule has 1 heterocycles. The predicted octanol–water partition coefficient (Wildman–Crippen LogP) is 0.398. The smallest absolute Gasteiger partial charge is 0.0546 e. The molecule has 0 aromatic rings. The molecule has 0 spiro atoms. The molecule has 0 bridgehead atoms. The third-order valence-electron chi connectivity index (χ3n) is 2.63. The van der Waals surface area contributed by atoms with Gasteiger partial charge in [-0.05, 0) is 37.8 Å². The van der Waals surface area contributed by atoms with E-state index in [0.717, 1.165) is 37.8 Å². The summed E-state index contributed by atoms with van der Waals surface area (Å²) in [6.45, 7) is 2.28. The summed E-state index contributed by atoms with van der Waals surface area (Å²) in [7, 11) is 0. The van der Waals surface area contributed by atoms with Gasteiger partial charge in [0.25, 0.3) is 0 Å². The van der Waals surface area contributed by atoms with Crippen molar-refractivity contribution in [3.63, 3.8) is 0 Å². The van der Waals surface area contributed by atoms with Crippen LogP contribution in [0.25, 0.3) is 0 Å². The number of aliphatic hydroxyl groups excluding tert-OH is 1. The Morgan fingerprint density at radius 2 is 1.60 bits per heavy atom. The van der Waals surface area contributed by atoms with Gasteiger partial charge in [0, 0.05) is 0 Å². The molecule has 60 valence electrons. The Morgan fingerprint density at radius 3 is 2.10 bits per heavy atom. The minimum atomic E-state index is 0. The van der Waals surface area contributed by atoms with Gasteiger partial charge in [0.15, 0.2) is 0 Å². The monoisotopic (exact) mass is 163 g/mol. The van der Waals surface area contributed by atoms with Gasteiger partial charge >= 0.3 is 0 Å². The quantitative estimate of drug-likeness (QED) is 0.542. The molecule has 2 rings (SSSR count). The maximum atomic E-state index is 9.21. The number of nitrogens with one attached hydrogen (secondary N) is 1. The van der Waals surface area contributed by atoms with Crippen molar-refractivity contribution in [1.82, 2.24) is 5.32 Å². The van der Waals surface area contributed by atoms with E-state index in [9.17, 15) is 5.11 Å². The summed E-state index contributed by atoms with van der Waals surface area (Å²) in [6.07, 6.45) is 2.09. The number of halogens is 1. The molecule has 1 unspecified atom stereocenters. The van der Waals surface area contributed by atoms with Crippen molar-refractivity contribution in [3.8, 4) is 0 Å². The third kappa shape index (κ3) is 1.29. The fourth-order valence-electron chi connectivity index (χ4n) is 2.13. The zero-order chi connectivity index (χ0) is 6.27. The van der Waals surface area contributed by atoms with Crippen molar-refractivity contribution in [1.29, 1.82) is 0 Å². The van der Waals surface area contributed by atoms with E-state index in [4.69, 9.17) is 0 Å². The van der Waals surface area contributed by atoms with Crippen LogP contribution in [0.5, 0.6) is 0 Å². The second-order valence-corrected chi connectivity index (χ2v) is 3.30. The van der Waals surface area contributed by atoms with E-state index in [-0.39, 0.29) is 18.5 Å². The van der Waals surface area contributed by atoms with Crippen LogP contribution in [0, 0.1) is 11.8 Å². The van der Waals surface area contributed by atoms with Gasteiger partial charge in [-0.15, -0.1) is 12.4 Å². The van der Waals surface area contributed by atoms with Crippen LogP contribution in [0.4, 0.5) is 0 Å². The summed E-state index contributed by atoms with van der Waals surface area (Å²) in [4.78, 5) is 0. The lowest BCUT2D eigenvalue weighted by Crippen LogP contribution is -2.13. The molecule has 0 aromatic carbocycles. The highest BCUT2D eigenvalue weighted by atomic mass is 35.5. The normalized spacial score (nSPS) is 44.7. The maximum absolute atomic E-state index is 9.21. The van der Waals surface area contributed by atoms with Gasteiger partial charge in [0.2, 0.25) is 0 Å². The van der Waals surface area contributed by atoms with Crippen LogP contribution in [0.2, 0.25) is 0 Å². The van der Waals surface area contributed by atoms with E-state index in [1.165, 1.54) is 0 Å². The Labute approximate surface area is 67.4 Å². The second kappa shape index (κ2) is 3.07. The summed E-state index contributed by atoms with van der Waals surface area (Å²) in [6, 6.07) is 0. The van der Waals surface area contributed by atoms with Crippen LogP contribution >= 0.6 is 12.4 Å². The van der Waals surface area contributed by atoms with E-state index < -0.39 is 0 Å². The fourth-order valence-corrected chi connectivity index (χ4v) is 2.13. The Bertz CT molecular complexity index is 108. The summed E-state index contributed by atoms with van der Waals surface area (Å²) in [5.74, 6) is 1.58. The highest BCUT2D eigenvalue weighted by Crippen LogP contribution is 2.33. The lowest BCUT2D eigenvalue weighted by atomic mass is 10.0. The Morgan fingerprint density at radius 1 is 1.10 bits per heavy atom. The molecule has 2 aliphatic rings. The minimum Gasteiger partial charge on any atom is -0.393 e. The van der Waals surface area contributed by atoms with Gasteiger partial charge in [-0.25, -0.2) is 0 Å². The average molecular weight is 164 g/mol. The predicted molar refractivity (Wildman–Crippen MR) is 42.3 cm³/mol. The molecule has 1 saturated carbocycles. The zero-order valence-electron chi connectivity index (χ0n) is 5.92. The third-order valence-corrected chi connectivity index (χ3v) is 2.63. The molecule has 1 saturated heterocycles. The number of fused-ring (bicyclic) bond motifs is 1. The van der Waals surface area contributed by atoms with Gasteiger partial charge in [-0.1, -0.05) is 0 Å². The van der Waals surface area contributed by atoms with Crippen LogP contribution < -0.4 is 5.32 Å². The van der Waals surface area contributed by atoms with Crippen molar-refractivity contribution in [3.05, 3.63) is 0 Å². The summed E-state index contributed by atoms with van der Waals surface area (Å²) >= 11 is 0. The van der Waals surface area contributed by atoms with E-state index >= 15 is 0 Å². The molecule has 2 N–H and O–H groups in total. The lowest BCUT2D eigenvalue weighted by Gasteiger charge is -2.02. The molecule has 10 heavy (non-hydrogen) atoms. The van der Waals surface area contributed by atoms with Gasteiger partial charge < -0.3 is 10.4 Å². The van der Waals surface area contributed by atoms with Crippen molar-refractivity contribution in [2.45, 2.75) is 18.9 Å². The van der Waals surface area contributed by atoms with Crippen LogP contribution in [0.15, 0.2) is 0 Å². The Balaban J connectivity index is 0.000000500. The summed E-state index contributed by atoms with van der Waals surface area (Å²) in [5.41, 5.74) is 0. The SMILES string of the molecule is Cl.OC1C[C@H]2CNC[C@H]2C1. The highest BCUT2D eigenvalue weighted by molar-refractivity contribution is 5.85. The fraction of sp³-hybridized carbons (Fsp3) is 1.00. The van der Waals surface area contributed by atoms with Gasteiger partial charge in [0.05, 0.1) is 6.10 Å². The van der Waals surface area contributed by atoms with Crippen molar-refractivity contribution in [2.75, 3.05) is 13.1 Å². The number of hydrogen-bond donors (Lipinski definition) is 2. The standard InChI is InChI=1S/C7H13NO.ClH/c9-7-1-5-3-8-4-6(5)2-7;/h5-9H,1-4H2;1H/t5-,6+,7?;. The van der Waals surface area contributed by atoms with E-state index in [1.807, 2.05) is 0 Å². The van der Waals surface area contributed by atoms with Crippen LogP contribution in [-0.4, -0.2) is 24.3 Å². The van der Waals surface area contributed by atoms with Crippen molar-refractivity contribution in [2.24, 2.45) is 11.8 Å². The van der Waals surface area contributed by atoms with Gasteiger partial charge in [0.1, 0.15) is 0 Å². The molecular weight excluding hydrogens is 150 g/mol. The summed E-state index contributed by atoms with van der Waals surface area (Å²) < 4.78 is 0. The first-order chi connectivity index (χ1) is 4.36. The van der Waals surface area contributed by atoms with Crippen LogP contribution in [0.1, 0.15) is 12.8 Å². The number of hydrogen-bond acceptors (Lipinski definition) is 2. The molecular formula is C7H14ClNO. The number of aliphatic hydroxyl groups is 1. The molecule has 2 nitrogen and oxygen atoms in total. The summed E-state index contributed by atoms with van der Waals surface area (Å²) in [5, 5.41) is 12.5. The van der Waals surface area contributed by atoms with E-state index in [0.29, 0.717) is 0 Å². The zero-order valence-corrected chi connectivity index (χ0v) is 6.73. The van der Waals surface area contributed by atoms with Crippen LogP contribution in [-0.2, 0) is 0 Å². The molecule has 0 radical (unpaired) electrons. The molecule has 2 fully saturated rings. The van der Waals surface area contributed by atoms with Gasteiger partial charge in [-0.2, -0.15) is 0 Å². The molecule has 3 atom stereocenters. The maximum Gasteiger partial charge on any atom is 0.0546 e. The Hall–Kier alpha value is 0.210. The second-order valence-electron chi connectivity index (χ2n) is 3.30. The van der Waals surface area contributed by atoms with Crippen molar-refractivity contribution >= 4 is 12.4 Å².